The SMILES string of the molecule is I.NC(=NCc1nccc(C(F)F)n1)NCC1CCCO1. The van der Waals surface area contributed by atoms with Gasteiger partial charge in [-0.15, -0.1) is 24.0 Å². The zero-order valence-electron chi connectivity index (χ0n) is 11.3. The minimum absolute atomic E-state index is 0. The van der Waals surface area contributed by atoms with Gasteiger partial charge in [0.25, 0.3) is 6.43 Å². The molecule has 6 nitrogen and oxygen atoms in total. The Balaban J connectivity index is 0.00000220. The van der Waals surface area contributed by atoms with E-state index in [9.17, 15) is 8.78 Å². The van der Waals surface area contributed by atoms with Crippen LogP contribution in [0.5, 0.6) is 0 Å². The van der Waals surface area contributed by atoms with Crippen LogP contribution in [0.15, 0.2) is 17.3 Å². The molecule has 1 atom stereocenters. The highest BCUT2D eigenvalue weighted by atomic mass is 127. The number of ether oxygens (including phenoxy) is 1. The van der Waals surface area contributed by atoms with Gasteiger partial charge >= 0.3 is 0 Å². The van der Waals surface area contributed by atoms with Crippen LogP contribution in [0.2, 0.25) is 0 Å². The number of guanidine groups is 1. The Morgan fingerprint density at radius 1 is 1.57 bits per heavy atom. The molecule has 0 aliphatic carbocycles. The Kier molecular flexibility index (Phi) is 7.72. The van der Waals surface area contributed by atoms with E-state index in [1.165, 1.54) is 12.3 Å². The predicted molar refractivity (Wildman–Crippen MR) is 84.7 cm³/mol. The van der Waals surface area contributed by atoms with Crippen LogP contribution >= 0.6 is 24.0 Å². The molecule has 0 aromatic carbocycles. The number of aromatic nitrogens is 2. The monoisotopic (exact) mass is 413 g/mol. The first-order chi connectivity index (χ1) is 9.65. The van der Waals surface area contributed by atoms with E-state index in [1.54, 1.807) is 0 Å². The van der Waals surface area contributed by atoms with Crippen LogP contribution in [0.3, 0.4) is 0 Å². The average molecular weight is 413 g/mol. The summed E-state index contributed by atoms with van der Waals surface area (Å²) in [4.78, 5) is 11.6. The Labute approximate surface area is 138 Å². The van der Waals surface area contributed by atoms with Crippen molar-refractivity contribution in [2.75, 3.05) is 13.2 Å². The Morgan fingerprint density at radius 3 is 3.05 bits per heavy atom. The van der Waals surface area contributed by atoms with Crippen molar-refractivity contribution in [3.63, 3.8) is 0 Å². The minimum Gasteiger partial charge on any atom is -0.376 e. The Bertz CT molecular complexity index is 469. The van der Waals surface area contributed by atoms with Crippen molar-refractivity contribution >= 4 is 29.9 Å². The summed E-state index contributed by atoms with van der Waals surface area (Å²) in [6, 6.07) is 1.18. The van der Waals surface area contributed by atoms with Crippen LogP contribution in [0.1, 0.15) is 30.8 Å². The first-order valence-electron chi connectivity index (χ1n) is 6.40. The lowest BCUT2D eigenvalue weighted by Crippen LogP contribution is -2.37. The molecule has 1 aromatic rings. The molecule has 2 rings (SSSR count). The largest absolute Gasteiger partial charge is 0.376 e. The van der Waals surface area contributed by atoms with Crippen molar-refractivity contribution in [1.82, 2.24) is 15.3 Å². The standard InChI is InChI=1S/C12H17F2N5O.HI/c13-11(14)9-3-4-16-10(19-9)7-18-12(15)17-6-8-2-1-5-20-8;/h3-4,8,11H,1-2,5-7H2,(H3,15,17,18);1H. The van der Waals surface area contributed by atoms with Gasteiger partial charge in [-0.3, -0.25) is 0 Å². The molecule has 0 spiro atoms. The highest BCUT2D eigenvalue weighted by Gasteiger charge is 2.15. The van der Waals surface area contributed by atoms with E-state index in [2.05, 4.69) is 20.3 Å². The zero-order chi connectivity index (χ0) is 14.4. The molecule has 0 radical (unpaired) electrons. The van der Waals surface area contributed by atoms with E-state index >= 15 is 0 Å². The quantitative estimate of drug-likeness (QED) is 0.436. The maximum Gasteiger partial charge on any atom is 0.280 e. The van der Waals surface area contributed by atoms with Crippen molar-refractivity contribution in [2.24, 2.45) is 10.7 Å². The van der Waals surface area contributed by atoms with Crippen LogP contribution < -0.4 is 11.1 Å². The molecular formula is C12H18F2IN5O. The maximum absolute atomic E-state index is 12.5. The number of nitrogens with two attached hydrogens (primary N) is 1. The van der Waals surface area contributed by atoms with Gasteiger partial charge in [0.15, 0.2) is 5.96 Å². The topological polar surface area (TPSA) is 85.4 Å². The number of alkyl halides is 2. The molecule has 1 aromatic heterocycles. The molecule has 1 saturated heterocycles. The Morgan fingerprint density at radius 2 is 2.38 bits per heavy atom. The molecule has 9 heteroatoms. The summed E-state index contributed by atoms with van der Waals surface area (Å²) in [5.74, 6) is 0.441. The van der Waals surface area contributed by atoms with Crippen molar-refractivity contribution in [2.45, 2.75) is 31.9 Å². The average Bonchev–Trinajstić information content (AvgIpc) is 2.96. The smallest absolute Gasteiger partial charge is 0.280 e. The van der Waals surface area contributed by atoms with E-state index in [0.717, 1.165) is 19.4 Å². The molecule has 2 heterocycles. The molecule has 0 amide bonds. The van der Waals surface area contributed by atoms with Gasteiger partial charge in [0.2, 0.25) is 0 Å². The van der Waals surface area contributed by atoms with Crippen molar-refractivity contribution in [1.29, 1.82) is 0 Å². The summed E-state index contributed by atoms with van der Waals surface area (Å²) in [7, 11) is 0. The summed E-state index contributed by atoms with van der Waals surface area (Å²) in [6.07, 6.45) is 0.880. The first-order valence-corrected chi connectivity index (χ1v) is 6.40. The summed E-state index contributed by atoms with van der Waals surface area (Å²) in [5, 5.41) is 2.93. The highest BCUT2D eigenvalue weighted by molar-refractivity contribution is 14.0. The third-order valence-corrected chi connectivity index (χ3v) is 2.88. The lowest BCUT2D eigenvalue weighted by Gasteiger charge is -2.10. The molecule has 21 heavy (non-hydrogen) atoms. The predicted octanol–water partition coefficient (Wildman–Crippen LogP) is 1.62. The van der Waals surface area contributed by atoms with E-state index in [1.807, 2.05) is 0 Å². The van der Waals surface area contributed by atoms with E-state index in [4.69, 9.17) is 10.5 Å². The van der Waals surface area contributed by atoms with E-state index in [0.29, 0.717) is 6.54 Å². The lowest BCUT2D eigenvalue weighted by molar-refractivity contribution is 0.114. The van der Waals surface area contributed by atoms with Gasteiger partial charge in [-0.05, 0) is 18.9 Å². The molecule has 1 aliphatic rings. The summed E-state index contributed by atoms with van der Waals surface area (Å²) in [5.41, 5.74) is 5.37. The first kappa shape index (κ1) is 18.0. The van der Waals surface area contributed by atoms with Crippen LogP contribution in [-0.4, -0.2) is 35.2 Å². The van der Waals surface area contributed by atoms with Gasteiger partial charge in [-0.2, -0.15) is 0 Å². The fraction of sp³-hybridized carbons (Fsp3) is 0.583. The van der Waals surface area contributed by atoms with Gasteiger partial charge in [0.1, 0.15) is 18.1 Å². The molecule has 118 valence electrons. The fourth-order valence-corrected chi connectivity index (χ4v) is 1.85. The number of rotatable bonds is 5. The third-order valence-electron chi connectivity index (χ3n) is 2.88. The second kappa shape index (κ2) is 9.03. The number of hydrogen-bond acceptors (Lipinski definition) is 4. The number of halogens is 3. The summed E-state index contributed by atoms with van der Waals surface area (Å²) in [6.45, 7) is 1.43. The number of nitrogens with one attached hydrogen (secondary N) is 1. The maximum atomic E-state index is 12.5. The van der Waals surface area contributed by atoms with E-state index in [-0.39, 0.29) is 54.1 Å². The summed E-state index contributed by atoms with van der Waals surface area (Å²) >= 11 is 0. The van der Waals surface area contributed by atoms with E-state index < -0.39 is 6.43 Å². The van der Waals surface area contributed by atoms with Crippen LogP contribution in [0.4, 0.5) is 8.78 Å². The molecular weight excluding hydrogens is 395 g/mol. The number of aliphatic imine (C=N–C) groups is 1. The van der Waals surface area contributed by atoms with Gasteiger partial charge in [-0.1, -0.05) is 0 Å². The minimum atomic E-state index is -2.62. The molecule has 0 bridgehead atoms. The Hall–Kier alpha value is -1.10. The molecule has 3 N–H and O–H groups in total. The second-order valence-corrected chi connectivity index (χ2v) is 4.42. The normalized spacial score (nSPS) is 18.6. The lowest BCUT2D eigenvalue weighted by atomic mass is 10.2. The molecule has 1 aliphatic heterocycles. The second-order valence-electron chi connectivity index (χ2n) is 4.42. The molecule has 0 saturated carbocycles. The van der Waals surface area contributed by atoms with Crippen molar-refractivity contribution in [3.05, 3.63) is 23.8 Å². The van der Waals surface area contributed by atoms with Gasteiger partial charge in [0, 0.05) is 19.3 Å². The zero-order valence-corrected chi connectivity index (χ0v) is 13.7. The van der Waals surface area contributed by atoms with Gasteiger partial charge < -0.3 is 15.8 Å². The summed E-state index contributed by atoms with van der Waals surface area (Å²) < 4.78 is 30.4. The van der Waals surface area contributed by atoms with Crippen molar-refractivity contribution < 1.29 is 13.5 Å². The van der Waals surface area contributed by atoms with Gasteiger partial charge in [-0.25, -0.2) is 23.7 Å². The van der Waals surface area contributed by atoms with Crippen LogP contribution in [-0.2, 0) is 11.3 Å². The van der Waals surface area contributed by atoms with Gasteiger partial charge in [0.05, 0.1) is 6.10 Å². The molecule has 1 fully saturated rings. The number of hydrogen-bond donors (Lipinski definition) is 2. The van der Waals surface area contributed by atoms with Crippen LogP contribution in [0.25, 0.3) is 0 Å². The fourth-order valence-electron chi connectivity index (χ4n) is 1.85. The third kappa shape index (κ3) is 6.04. The highest BCUT2D eigenvalue weighted by Crippen LogP contribution is 2.15. The van der Waals surface area contributed by atoms with Crippen molar-refractivity contribution in [3.8, 4) is 0 Å². The van der Waals surface area contributed by atoms with Crippen LogP contribution in [0, 0.1) is 0 Å². The number of nitrogens with zero attached hydrogens (tertiary/aromatic N) is 3. The molecule has 1 unspecified atom stereocenters.